The fourth-order valence-corrected chi connectivity index (χ4v) is 3.11. The highest BCUT2D eigenvalue weighted by atomic mass is 16.2. The van der Waals surface area contributed by atoms with Crippen molar-refractivity contribution >= 4 is 5.91 Å². The van der Waals surface area contributed by atoms with Crippen LogP contribution in [0.15, 0.2) is 28.9 Å². The van der Waals surface area contributed by atoms with Gasteiger partial charge in [0.15, 0.2) is 5.66 Å². The molecular weight excluding hydrogens is 278 g/mol. The van der Waals surface area contributed by atoms with Crippen LogP contribution in [0.2, 0.25) is 0 Å². The van der Waals surface area contributed by atoms with Gasteiger partial charge in [-0.2, -0.15) is 10.2 Å². The molecule has 1 aromatic heterocycles. The van der Waals surface area contributed by atoms with Crippen molar-refractivity contribution in [1.29, 1.82) is 0 Å². The van der Waals surface area contributed by atoms with E-state index in [9.17, 15) is 4.79 Å². The molecule has 3 heterocycles. The van der Waals surface area contributed by atoms with Crippen LogP contribution in [0.25, 0.3) is 0 Å². The molecule has 6 heteroatoms. The van der Waals surface area contributed by atoms with Crippen molar-refractivity contribution in [1.82, 2.24) is 14.5 Å². The third kappa shape index (κ3) is 3.35. The molecule has 116 valence electrons. The molecule has 1 unspecified atom stereocenters. The third-order valence-corrected chi connectivity index (χ3v) is 4.47. The molecule has 0 radical (unpaired) electrons. The van der Waals surface area contributed by atoms with Gasteiger partial charge in [-0.15, -0.1) is 12.3 Å². The average molecular weight is 299 g/mol. The maximum absolute atomic E-state index is 12.5. The number of likely N-dealkylation sites (tertiary alicyclic amines) is 1. The van der Waals surface area contributed by atoms with Crippen molar-refractivity contribution in [2.45, 2.75) is 56.8 Å². The smallest absolute Gasteiger partial charge is 0.223 e. The zero-order valence-electron chi connectivity index (χ0n) is 12.7. The Balaban J connectivity index is 1.50. The topological polar surface area (TPSA) is 62.9 Å². The highest BCUT2D eigenvalue weighted by Gasteiger charge is 2.40. The molecule has 0 N–H and O–H groups in total. The summed E-state index contributed by atoms with van der Waals surface area (Å²) in [5.74, 6) is 2.82. The molecule has 1 fully saturated rings. The highest BCUT2D eigenvalue weighted by Crippen LogP contribution is 2.38. The third-order valence-electron chi connectivity index (χ3n) is 4.47. The van der Waals surface area contributed by atoms with Crippen LogP contribution >= 0.6 is 0 Å². The second-order valence-electron chi connectivity index (χ2n) is 6.03. The zero-order chi connectivity index (χ0) is 15.4. The molecule has 0 aromatic carbocycles. The van der Waals surface area contributed by atoms with Gasteiger partial charge in [0.2, 0.25) is 5.91 Å². The van der Waals surface area contributed by atoms with Gasteiger partial charge in [0.05, 0.1) is 6.33 Å². The normalized spacial score (nSPS) is 21.8. The molecule has 1 aromatic rings. The Morgan fingerprint density at radius 2 is 2.27 bits per heavy atom. The van der Waals surface area contributed by atoms with E-state index < -0.39 is 0 Å². The van der Waals surface area contributed by atoms with Gasteiger partial charge in [-0.05, 0) is 12.8 Å². The molecule has 1 saturated heterocycles. The van der Waals surface area contributed by atoms with Crippen molar-refractivity contribution < 1.29 is 4.79 Å². The average Bonchev–Trinajstić information content (AvgIpc) is 2.92. The number of carbonyl (C=O) groups excluding carboxylic acids is 1. The van der Waals surface area contributed by atoms with Crippen LogP contribution in [-0.2, 0) is 11.3 Å². The van der Waals surface area contributed by atoms with Crippen LogP contribution in [0.3, 0.4) is 0 Å². The van der Waals surface area contributed by atoms with Crippen LogP contribution in [0.4, 0.5) is 0 Å². The van der Waals surface area contributed by atoms with E-state index in [-0.39, 0.29) is 17.6 Å². The molecule has 3 rings (SSSR count). The monoisotopic (exact) mass is 299 g/mol. The number of nitrogens with zero attached hydrogens (tertiary/aromatic N) is 5. The predicted molar refractivity (Wildman–Crippen MR) is 81.9 cm³/mol. The first-order valence-corrected chi connectivity index (χ1v) is 7.85. The van der Waals surface area contributed by atoms with Gasteiger partial charge in [0.25, 0.3) is 0 Å². The molecule has 2 aliphatic rings. The Hall–Kier alpha value is -2.16. The van der Waals surface area contributed by atoms with Gasteiger partial charge in [0.1, 0.15) is 0 Å². The lowest BCUT2D eigenvalue weighted by Gasteiger charge is -2.25. The summed E-state index contributed by atoms with van der Waals surface area (Å²) in [4.78, 5) is 18.6. The maximum Gasteiger partial charge on any atom is 0.223 e. The van der Waals surface area contributed by atoms with Crippen molar-refractivity contribution in [2.75, 3.05) is 6.54 Å². The van der Waals surface area contributed by atoms with Crippen LogP contribution in [0, 0.1) is 12.3 Å². The minimum Gasteiger partial charge on any atom is -0.338 e. The Kier molecular flexibility index (Phi) is 4.23. The molecule has 6 nitrogen and oxygen atoms in total. The number of aromatic nitrogens is 2. The standard InChI is InChI=1S/C16H21N5O/c1-2-3-7-16(18-19-16)8-6-15(22)21-10-4-5-14(21)12-20-11-9-17-13-20/h1,9,11,13-14H,3-8,10,12H2. The van der Waals surface area contributed by atoms with E-state index in [0.29, 0.717) is 19.3 Å². The summed E-state index contributed by atoms with van der Waals surface area (Å²) < 4.78 is 2.04. The molecule has 0 saturated carbocycles. The summed E-state index contributed by atoms with van der Waals surface area (Å²) >= 11 is 0. The summed E-state index contributed by atoms with van der Waals surface area (Å²) in [5, 5.41) is 8.19. The molecule has 1 atom stereocenters. The van der Waals surface area contributed by atoms with Crippen LogP contribution in [-0.4, -0.2) is 38.6 Å². The van der Waals surface area contributed by atoms with E-state index in [2.05, 4.69) is 21.1 Å². The first-order valence-electron chi connectivity index (χ1n) is 7.85. The molecule has 2 aliphatic heterocycles. The van der Waals surface area contributed by atoms with E-state index >= 15 is 0 Å². The van der Waals surface area contributed by atoms with Crippen molar-refractivity contribution in [3.8, 4) is 12.3 Å². The molecule has 0 bridgehead atoms. The quantitative estimate of drug-likeness (QED) is 0.725. The lowest BCUT2D eigenvalue weighted by Crippen LogP contribution is -2.38. The van der Waals surface area contributed by atoms with Crippen molar-refractivity contribution in [2.24, 2.45) is 10.2 Å². The largest absolute Gasteiger partial charge is 0.338 e. The second-order valence-corrected chi connectivity index (χ2v) is 6.03. The van der Waals surface area contributed by atoms with Gasteiger partial charge in [-0.1, -0.05) is 0 Å². The Morgan fingerprint density at radius 3 is 2.95 bits per heavy atom. The molecular formula is C16H21N5O. The van der Waals surface area contributed by atoms with Crippen LogP contribution in [0.5, 0.6) is 0 Å². The summed E-state index contributed by atoms with van der Waals surface area (Å²) in [6.07, 6.45) is 15.5. The van der Waals surface area contributed by atoms with Gasteiger partial charge in [-0.3, -0.25) is 4.79 Å². The van der Waals surface area contributed by atoms with E-state index in [1.165, 1.54) is 0 Å². The number of carbonyl (C=O) groups is 1. The van der Waals surface area contributed by atoms with Gasteiger partial charge in [-0.25, -0.2) is 4.98 Å². The van der Waals surface area contributed by atoms with Gasteiger partial charge in [0, 0.05) is 57.2 Å². The Morgan fingerprint density at radius 1 is 1.41 bits per heavy atom. The van der Waals surface area contributed by atoms with Crippen molar-refractivity contribution in [3.63, 3.8) is 0 Å². The van der Waals surface area contributed by atoms with Gasteiger partial charge >= 0.3 is 0 Å². The number of rotatable bonds is 7. The lowest BCUT2D eigenvalue weighted by molar-refractivity contribution is -0.132. The number of amides is 1. The maximum atomic E-state index is 12.5. The van der Waals surface area contributed by atoms with E-state index in [0.717, 1.165) is 32.4 Å². The predicted octanol–water partition coefficient (Wildman–Crippen LogP) is 2.23. The van der Waals surface area contributed by atoms with E-state index in [4.69, 9.17) is 6.42 Å². The number of hydrogen-bond donors (Lipinski definition) is 0. The SMILES string of the molecule is C#CCCC1(CCC(=O)N2CCCC2Cn2ccnc2)N=N1. The van der Waals surface area contributed by atoms with Crippen LogP contribution < -0.4 is 0 Å². The summed E-state index contributed by atoms with van der Waals surface area (Å²) in [6, 6.07) is 0.274. The van der Waals surface area contributed by atoms with Crippen molar-refractivity contribution in [3.05, 3.63) is 18.7 Å². The molecule has 1 amide bonds. The fourth-order valence-electron chi connectivity index (χ4n) is 3.11. The first-order chi connectivity index (χ1) is 10.7. The summed E-state index contributed by atoms with van der Waals surface area (Å²) in [7, 11) is 0. The fraction of sp³-hybridized carbons (Fsp3) is 0.625. The Labute approximate surface area is 130 Å². The summed E-state index contributed by atoms with van der Waals surface area (Å²) in [6.45, 7) is 1.67. The summed E-state index contributed by atoms with van der Waals surface area (Å²) in [5.41, 5.74) is -0.360. The van der Waals surface area contributed by atoms with Gasteiger partial charge < -0.3 is 9.47 Å². The first kappa shape index (κ1) is 14.8. The minimum absolute atomic E-state index is 0.208. The number of terminal acetylenes is 1. The number of hydrogen-bond acceptors (Lipinski definition) is 4. The Bertz CT molecular complexity index is 580. The minimum atomic E-state index is -0.360. The molecule has 0 aliphatic carbocycles. The van der Waals surface area contributed by atoms with E-state index in [1.54, 1.807) is 12.5 Å². The number of imidazole rings is 1. The highest BCUT2D eigenvalue weighted by molar-refractivity contribution is 5.77. The lowest BCUT2D eigenvalue weighted by atomic mass is 10.0. The second kappa shape index (κ2) is 6.30. The van der Waals surface area contributed by atoms with Crippen LogP contribution in [0.1, 0.15) is 38.5 Å². The molecule has 22 heavy (non-hydrogen) atoms. The zero-order valence-corrected chi connectivity index (χ0v) is 12.7. The molecule has 0 spiro atoms. The van der Waals surface area contributed by atoms with E-state index in [1.807, 2.05) is 15.7 Å².